The van der Waals surface area contributed by atoms with E-state index in [1.165, 1.54) is 6.33 Å². The molecule has 1 heterocycles. The van der Waals surface area contributed by atoms with Crippen molar-refractivity contribution in [3.8, 4) is 0 Å². The van der Waals surface area contributed by atoms with Crippen molar-refractivity contribution in [1.29, 1.82) is 0 Å². The van der Waals surface area contributed by atoms with Gasteiger partial charge in [-0.05, 0) is 35.9 Å². The Morgan fingerprint density at radius 2 is 1.68 bits per heavy atom. The van der Waals surface area contributed by atoms with Gasteiger partial charge in [0.05, 0.1) is 0 Å². The van der Waals surface area contributed by atoms with Crippen LogP contribution in [0.3, 0.4) is 0 Å². The SMILES string of the molecule is CN(C)c1ccc(Nc2cc(NCc3ccccc3Cl)ncn2)cc1. The first-order chi connectivity index (χ1) is 12.1. The fourth-order valence-corrected chi connectivity index (χ4v) is 2.54. The van der Waals surface area contributed by atoms with E-state index in [1.807, 2.05) is 56.6 Å². The van der Waals surface area contributed by atoms with Crippen LogP contribution in [0.5, 0.6) is 0 Å². The summed E-state index contributed by atoms with van der Waals surface area (Å²) in [6, 6.07) is 17.8. The summed E-state index contributed by atoms with van der Waals surface area (Å²) < 4.78 is 0. The molecule has 25 heavy (non-hydrogen) atoms. The van der Waals surface area contributed by atoms with Crippen molar-refractivity contribution >= 4 is 34.6 Å². The van der Waals surface area contributed by atoms with Gasteiger partial charge in [0.2, 0.25) is 0 Å². The monoisotopic (exact) mass is 353 g/mol. The molecule has 0 saturated heterocycles. The third-order valence-electron chi connectivity index (χ3n) is 3.74. The molecule has 3 aromatic rings. The normalized spacial score (nSPS) is 10.4. The van der Waals surface area contributed by atoms with E-state index >= 15 is 0 Å². The maximum Gasteiger partial charge on any atom is 0.135 e. The van der Waals surface area contributed by atoms with E-state index in [4.69, 9.17) is 11.6 Å². The summed E-state index contributed by atoms with van der Waals surface area (Å²) in [5.41, 5.74) is 3.15. The van der Waals surface area contributed by atoms with E-state index in [1.54, 1.807) is 0 Å². The van der Waals surface area contributed by atoms with E-state index in [9.17, 15) is 0 Å². The number of anilines is 4. The Hall–Kier alpha value is -2.79. The second-order valence-electron chi connectivity index (χ2n) is 5.80. The number of halogens is 1. The summed E-state index contributed by atoms with van der Waals surface area (Å²) in [6.07, 6.45) is 1.53. The average Bonchev–Trinajstić information content (AvgIpc) is 2.62. The molecule has 0 fully saturated rings. The Bertz CT molecular complexity index is 833. The summed E-state index contributed by atoms with van der Waals surface area (Å²) in [5, 5.41) is 7.29. The summed E-state index contributed by atoms with van der Waals surface area (Å²) in [6.45, 7) is 0.605. The molecule has 0 saturated carbocycles. The largest absolute Gasteiger partial charge is 0.378 e. The van der Waals surface area contributed by atoms with Crippen LogP contribution in [0.15, 0.2) is 60.9 Å². The van der Waals surface area contributed by atoms with Crippen molar-refractivity contribution in [2.75, 3.05) is 29.6 Å². The lowest BCUT2D eigenvalue weighted by Crippen LogP contribution is -2.08. The zero-order chi connectivity index (χ0) is 17.6. The number of nitrogens with zero attached hydrogens (tertiary/aromatic N) is 3. The molecule has 2 N–H and O–H groups in total. The number of aromatic nitrogens is 2. The van der Waals surface area contributed by atoms with Gasteiger partial charge in [-0.2, -0.15) is 0 Å². The van der Waals surface area contributed by atoms with Crippen LogP contribution >= 0.6 is 11.6 Å². The predicted octanol–water partition coefficient (Wildman–Crippen LogP) is 4.55. The minimum Gasteiger partial charge on any atom is -0.378 e. The van der Waals surface area contributed by atoms with E-state index in [0.717, 1.165) is 33.6 Å². The highest BCUT2D eigenvalue weighted by Crippen LogP contribution is 2.21. The molecule has 0 aliphatic carbocycles. The topological polar surface area (TPSA) is 53.1 Å². The van der Waals surface area contributed by atoms with Gasteiger partial charge >= 0.3 is 0 Å². The fraction of sp³-hybridized carbons (Fsp3) is 0.158. The average molecular weight is 354 g/mol. The van der Waals surface area contributed by atoms with Gasteiger partial charge < -0.3 is 15.5 Å². The van der Waals surface area contributed by atoms with Crippen molar-refractivity contribution in [1.82, 2.24) is 9.97 Å². The molecule has 5 nitrogen and oxygen atoms in total. The number of hydrogen-bond acceptors (Lipinski definition) is 5. The molecule has 0 amide bonds. The van der Waals surface area contributed by atoms with Gasteiger partial charge in [0, 0.05) is 43.1 Å². The quantitative estimate of drug-likeness (QED) is 0.680. The van der Waals surface area contributed by atoms with Gasteiger partial charge in [0.15, 0.2) is 0 Å². The first-order valence-electron chi connectivity index (χ1n) is 7.95. The lowest BCUT2D eigenvalue weighted by Gasteiger charge is -2.13. The molecule has 0 atom stereocenters. The Balaban J connectivity index is 1.66. The van der Waals surface area contributed by atoms with Crippen LogP contribution in [0.25, 0.3) is 0 Å². The third kappa shape index (κ3) is 4.61. The smallest absolute Gasteiger partial charge is 0.135 e. The summed E-state index contributed by atoms with van der Waals surface area (Å²) >= 11 is 6.18. The molecule has 2 aromatic carbocycles. The predicted molar refractivity (Wildman–Crippen MR) is 105 cm³/mol. The Labute approximate surface area is 152 Å². The zero-order valence-corrected chi connectivity index (χ0v) is 15.0. The van der Waals surface area contributed by atoms with Crippen molar-refractivity contribution < 1.29 is 0 Å². The molecule has 128 valence electrons. The van der Waals surface area contributed by atoms with Crippen molar-refractivity contribution in [2.45, 2.75) is 6.54 Å². The first-order valence-corrected chi connectivity index (χ1v) is 8.33. The zero-order valence-electron chi connectivity index (χ0n) is 14.2. The second-order valence-corrected chi connectivity index (χ2v) is 6.21. The first kappa shape index (κ1) is 17.0. The van der Waals surface area contributed by atoms with Crippen LogP contribution in [0.4, 0.5) is 23.0 Å². The van der Waals surface area contributed by atoms with Crippen molar-refractivity contribution in [2.24, 2.45) is 0 Å². The number of hydrogen-bond donors (Lipinski definition) is 2. The van der Waals surface area contributed by atoms with Gasteiger partial charge in [-0.1, -0.05) is 29.8 Å². The highest BCUT2D eigenvalue weighted by atomic mass is 35.5. The number of benzene rings is 2. The van der Waals surface area contributed by atoms with Crippen LogP contribution in [0, 0.1) is 0 Å². The Kier molecular flexibility index (Phi) is 5.36. The molecule has 1 aromatic heterocycles. The lowest BCUT2D eigenvalue weighted by atomic mass is 10.2. The van der Waals surface area contributed by atoms with Gasteiger partial charge in [0.1, 0.15) is 18.0 Å². The molecular formula is C19H20ClN5. The van der Waals surface area contributed by atoms with Crippen LogP contribution < -0.4 is 15.5 Å². The molecule has 0 spiro atoms. The van der Waals surface area contributed by atoms with E-state index in [0.29, 0.717) is 6.54 Å². The number of nitrogens with one attached hydrogen (secondary N) is 2. The minimum absolute atomic E-state index is 0.605. The molecule has 0 bridgehead atoms. The van der Waals surface area contributed by atoms with E-state index in [-0.39, 0.29) is 0 Å². The van der Waals surface area contributed by atoms with Crippen molar-refractivity contribution in [3.63, 3.8) is 0 Å². The highest BCUT2D eigenvalue weighted by molar-refractivity contribution is 6.31. The van der Waals surface area contributed by atoms with Crippen LogP contribution in [-0.4, -0.2) is 24.1 Å². The van der Waals surface area contributed by atoms with E-state index in [2.05, 4.69) is 37.6 Å². The highest BCUT2D eigenvalue weighted by Gasteiger charge is 2.03. The van der Waals surface area contributed by atoms with Gasteiger partial charge in [0.25, 0.3) is 0 Å². The molecule has 3 rings (SSSR count). The lowest BCUT2D eigenvalue weighted by molar-refractivity contribution is 1.08. The summed E-state index contributed by atoms with van der Waals surface area (Å²) in [4.78, 5) is 10.6. The maximum atomic E-state index is 6.18. The molecule has 0 aliphatic heterocycles. The maximum absolute atomic E-state index is 6.18. The van der Waals surface area contributed by atoms with Crippen molar-refractivity contribution in [3.05, 3.63) is 71.5 Å². The van der Waals surface area contributed by atoms with Crippen LogP contribution in [0.2, 0.25) is 5.02 Å². The molecule has 0 aliphatic rings. The molecule has 0 radical (unpaired) electrons. The van der Waals surface area contributed by atoms with Gasteiger partial charge in [-0.3, -0.25) is 0 Å². The minimum atomic E-state index is 0.605. The van der Waals surface area contributed by atoms with Gasteiger partial charge in [-0.15, -0.1) is 0 Å². The summed E-state index contributed by atoms with van der Waals surface area (Å²) in [7, 11) is 4.04. The Morgan fingerprint density at radius 1 is 0.960 bits per heavy atom. The summed E-state index contributed by atoms with van der Waals surface area (Å²) in [5.74, 6) is 1.47. The second kappa shape index (κ2) is 7.85. The van der Waals surface area contributed by atoms with E-state index < -0.39 is 0 Å². The molecule has 0 unspecified atom stereocenters. The van der Waals surface area contributed by atoms with Gasteiger partial charge in [-0.25, -0.2) is 9.97 Å². The van der Waals surface area contributed by atoms with Crippen LogP contribution in [-0.2, 0) is 6.54 Å². The van der Waals surface area contributed by atoms with Crippen LogP contribution in [0.1, 0.15) is 5.56 Å². The molecular weight excluding hydrogens is 334 g/mol. The molecule has 6 heteroatoms. The number of rotatable bonds is 6. The fourth-order valence-electron chi connectivity index (χ4n) is 2.34. The Morgan fingerprint density at radius 3 is 2.40 bits per heavy atom. The third-order valence-corrected chi connectivity index (χ3v) is 4.11. The standard InChI is InChI=1S/C19H20ClN5/c1-25(2)16-9-7-15(8-10-16)24-19-11-18(22-13-23-19)21-12-14-5-3-4-6-17(14)20/h3-11,13H,12H2,1-2H3,(H2,21,22,23,24).